The number of aliphatic carboxylic acids is 2. The van der Waals surface area contributed by atoms with Crippen molar-refractivity contribution in [2.24, 2.45) is 0 Å². The molecule has 0 radical (unpaired) electrons. The number of carbonyl (C=O) groups excluding carboxylic acids is 2. The van der Waals surface area contributed by atoms with Crippen LogP contribution in [-0.4, -0.2) is 371 Å². The van der Waals surface area contributed by atoms with E-state index in [0.29, 0.717) is 0 Å². The number of amides is 2. The van der Waals surface area contributed by atoms with Crippen molar-refractivity contribution in [3.05, 3.63) is 0 Å². The molecule has 6 saturated heterocycles. The largest absolute Gasteiger partial charge is 0.477 e. The molecule has 0 saturated carbocycles. The summed E-state index contributed by atoms with van der Waals surface area (Å²) >= 11 is 0. The van der Waals surface area contributed by atoms with Crippen LogP contribution in [0.1, 0.15) is 26.7 Å². The molecule has 0 spiro atoms. The van der Waals surface area contributed by atoms with Crippen LogP contribution in [0.5, 0.6) is 0 Å². The summed E-state index contributed by atoms with van der Waals surface area (Å²) in [5.41, 5.74) is 0. The van der Waals surface area contributed by atoms with Crippen molar-refractivity contribution in [2.45, 2.75) is 222 Å². The van der Waals surface area contributed by atoms with Gasteiger partial charge >= 0.3 is 11.9 Å². The molecular weight excluding hydrogens is 1170 g/mol. The molecule has 492 valence electrons. The van der Waals surface area contributed by atoms with E-state index in [1.807, 2.05) is 0 Å². The molecule has 6 aliphatic rings. The van der Waals surface area contributed by atoms with Crippen molar-refractivity contribution < 1.29 is 184 Å². The van der Waals surface area contributed by atoms with Crippen molar-refractivity contribution in [1.29, 1.82) is 0 Å². The van der Waals surface area contributed by atoms with Crippen LogP contribution in [0.3, 0.4) is 0 Å². The summed E-state index contributed by atoms with van der Waals surface area (Å²) < 4.78 is 63.2. The zero-order chi connectivity index (χ0) is 63.5. The summed E-state index contributed by atoms with van der Waals surface area (Å²) in [5.74, 6) is -13.0. The predicted octanol–water partition coefficient (Wildman–Crippen LogP) is -15.4. The molecule has 32 atom stereocenters. The molecule has 0 aromatic rings. The third kappa shape index (κ3) is 15.0. The van der Waals surface area contributed by atoms with Crippen molar-refractivity contribution in [3.63, 3.8) is 0 Å². The molecular formula is C46H76N2O37. The first kappa shape index (κ1) is 70.7. The average molecular weight is 1250 g/mol. The van der Waals surface area contributed by atoms with Crippen molar-refractivity contribution in [3.8, 4) is 0 Å². The fraction of sp³-hybridized carbons (Fsp3) is 0.913. The lowest BCUT2D eigenvalue weighted by atomic mass is 9.88. The van der Waals surface area contributed by atoms with E-state index in [9.17, 15) is 132 Å². The van der Waals surface area contributed by atoms with Gasteiger partial charge in [0.2, 0.25) is 11.8 Å². The van der Waals surface area contributed by atoms with Gasteiger partial charge in [-0.15, -0.1) is 0 Å². The molecule has 39 nitrogen and oxygen atoms in total. The molecule has 0 aliphatic carbocycles. The monoisotopic (exact) mass is 1250 g/mol. The van der Waals surface area contributed by atoms with Crippen molar-refractivity contribution in [2.75, 3.05) is 39.6 Å². The Morgan fingerprint density at radius 1 is 0.459 bits per heavy atom. The van der Waals surface area contributed by atoms with E-state index in [1.165, 1.54) is 0 Å². The van der Waals surface area contributed by atoms with Crippen LogP contribution in [0.4, 0.5) is 0 Å². The maximum atomic E-state index is 13.4. The van der Waals surface area contributed by atoms with Crippen LogP contribution >= 0.6 is 0 Å². The van der Waals surface area contributed by atoms with E-state index in [4.69, 9.17) is 52.1 Å². The molecule has 6 aliphatic heterocycles. The van der Waals surface area contributed by atoms with E-state index in [0.717, 1.165) is 13.8 Å². The van der Waals surface area contributed by atoms with Crippen LogP contribution in [0.25, 0.3) is 0 Å². The number of aliphatic hydroxyl groups is 20. The second-order valence-electron chi connectivity index (χ2n) is 21.1. The minimum absolute atomic E-state index is 0.864. The molecule has 39 heteroatoms. The number of nitrogens with one attached hydrogen (secondary N) is 2. The van der Waals surface area contributed by atoms with Gasteiger partial charge in [0.05, 0.1) is 57.9 Å². The quantitative estimate of drug-likeness (QED) is 0.0427. The topological polar surface area (TPSA) is 639 Å². The Hall–Kier alpha value is -3.36. The minimum Gasteiger partial charge on any atom is -0.477 e. The highest BCUT2D eigenvalue weighted by molar-refractivity contribution is 5.77. The van der Waals surface area contributed by atoms with Gasteiger partial charge in [0, 0.05) is 26.7 Å². The van der Waals surface area contributed by atoms with Crippen LogP contribution < -0.4 is 10.6 Å². The van der Waals surface area contributed by atoms with Crippen LogP contribution in [0.2, 0.25) is 0 Å². The highest BCUT2D eigenvalue weighted by atomic mass is 16.8. The third-order valence-electron chi connectivity index (χ3n) is 15.2. The maximum absolute atomic E-state index is 13.4. The van der Waals surface area contributed by atoms with Crippen molar-refractivity contribution in [1.82, 2.24) is 10.6 Å². The van der Waals surface area contributed by atoms with E-state index in [2.05, 4.69) is 10.6 Å². The summed E-state index contributed by atoms with van der Waals surface area (Å²) in [4.78, 5) is 51.8. The Balaban J connectivity index is 1.40. The Labute approximate surface area is 479 Å². The van der Waals surface area contributed by atoms with E-state index >= 15 is 0 Å². The number of carboxylic acids is 2. The zero-order valence-electron chi connectivity index (χ0n) is 44.9. The second-order valence-corrected chi connectivity index (χ2v) is 21.1. The SMILES string of the molecule is CC(=O)N[C@H]1[C@H](O[C@@H]2[C@H](O[C@]3(C(=O)O)C[C@H](O)[C@@H](O)[C@H]([C@H](O)[C@H](O)CO)O3)[C@@H](O)[C@H](O[C@H]3[C@H](O)[C@@H](O)[C@H](O)O[C@@H]3CO)O[C@@H]2CO)O[C@H](CO)[C@H](O)[C@@H]1O[C@@H]1O[C@H](CO)[C@H](O)[C@H](O[C@]2(C(=O)O)C[C@H](O)[C@@H](NC(C)=O)[C@H]([C@H](O)[C@H](O)CO)O2)[C@H]1O. The van der Waals surface area contributed by atoms with Crippen molar-refractivity contribution >= 4 is 23.8 Å². The van der Waals surface area contributed by atoms with E-state index in [1.54, 1.807) is 0 Å². The molecule has 2 amide bonds. The number of hydrogen-bond donors (Lipinski definition) is 24. The van der Waals surface area contributed by atoms with Gasteiger partial charge in [0.25, 0.3) is 11.6 Å². The number of carbonyl (C=O) groups is 4. The van der Waals surface area contributed by atoms with Gasteiger partial charge < -0.3 is 175 Å². The normalized spacial score (nSPS) is 45.9. The lowest BCUT2D eigenvalue weighted by Crippen LogP contribution is -2.72. The third-order valence-corrected chi connectivity index (χ3v) is 15.2. The Bertz CT molecular complexity index is 2190. The fourth-order valence-electron chi connectivity index (χ4n) is 10.7. The van der Waals surface area contributed by atoms with Crippen LogP contribution in [0.15, 0.2) is 0 Å². The van der Waals surface area contributed by atoms with E-state index in [-0.39, 0.29) is 0 Å². The lowest BCUT2D eigenvalue weighted by molar-refractivity contribution is -0.406. The molecule has 6 rings (SSSR count). The first-order chi connectivity index (χ1) is 39.9. The lowest BCUT2D eigenvalue weighted by Gasteiger charge is -2.52. The Morgan fingerprint density at radius 2 is 0.871 bits per heavy atom. The second kappa shape index (κ2) is 29.5. The molecule has 0 aromatic heterocycles. The molecule has 0 aromatic carbocycles. The van der Waals surface area contributed by atoms with Gasteiger partial charge in [-0.2, -0.15) is 0 Å². The summed E-state index contributed by atoms with van der Waals surface area (Å²) in [6, 6.07) is -3.83. The molecule has 0 bridgehead atoms. The number of carboxylic acid groups (broad SMARTS) is 2. The van der Waals surface area contributed by atoms with E-state index < -0.39 is 272 Å². The summed E-state index contributed by atoms with van der Waals surface area (Å²) in [6.45, 7) is -5.45. The summed E-state index contributed by atoms with van der Waals surface area (Å²) in [7, 11) is 0. The standard InChI is InChI=1S/C46H76N2O37/c1-11(55)47-21-13(57)3-45(43(71)72,82-35(21)24(62)15(59)5-49)84-37-27(65)18(8-52)77-41(30(37)68)81-34-22(48-12(2)56)40(76-17(7-51)26(34)64)80-33-20(10-54)78-42(79-32-19(9-53)75-39(70)29(67)28(32)66)31(69)38(33)85-46(44(73)74)4-14(58)23(61)36(83-46)25(63)16(60)6-50/h13-42,49-54,57-70H,3-10H2,1-2H3,(H,47,55)(H,48,56)(H,71,72)(H,73,74)/t13-,14-,15+,16+,17+,18+,19+,20+,21+,22+,23+,24+,25+,26-,27-,28+,29+,30+,31+,32+,33-,34+,35+,36+,37-,38+,39+,40-,41-,42-,45-,46-/m0/s1. The molecule has 24 N–H and O–H groups in total. The molecule has 85 heavy (non-hydrogen) atoms. The maximum Gasteiger partial charge on any atom is 0.364 e. The highest BCUT2D eigenvalue weighted by Crippen LogP contribution is 2.42. The van der Waals surface area contributed by atoms with Gasteiger partial charge in [-0.25, -0.2) is 9.59 Å². The first-order valence-electron chi connectivity index (χ1n) is 26.4. The van der Waals surface area contributed by atoms with Gasteiger partial charge in [-0.3, -0.25) is 9.59 Å². The number of rotatable bonds is 24. The highest BCUT2D eigenvalue weighted by Gasteiger charge is 2.64. The first-order valence-corrected chi connectivity index (χ1v) is 26.4. The molecule has 0 unspecified atom stereocenters. The fourth-order valence-corrected chi connectivity index (χ4v) is 10.7. The predicted molar refractivity (Wildman–Crippen MR) is 257 cm³/mol. The van der Waals surface area contributed by atoms with Crippen LogP contribution in [-0.2, 0) is 71.3 Å². The van der Waals surface area contributed by atoms with Gasteiger partial charge in [-0.1, -0.05) is 0 Å². The average Bonchev–Trinajstić information content (AvgIpc) is 1.50. The van der Waals surface area contributed by atoms with Gasteiger partial charge in [-0.05, 0) is 0 Å². The number of ether oxygens (including phenoxy) is 11. The summed E-state index contributed by atoms with van der Waals surface area (Å²) in [6.07, 6.45) is -65.4. The Kier molecular flexibility index (Phi) is 24.6. The summed E-state index contributed by atoms with van der Waals surface area (Å²) in [5, 5.41) is 241. The zero-order valence-corrected chi connectivity index (χ0v) is 44.9. The smallest absolute Gasteiger partial charge is 0.364 e. The van der Waals surface area contributed by atoms with Gasteiger partial charge in [0.15, 0.2) is 25.2 Å². The molecule has 6 fully saturated rings. The van der Waals surface area contributed by atoms with Crippen LogP contribution in [0, 0.1) is 0 Å². The minimum atomic E-state index is -3.44. The number of aliphatic hydroxyl groups excluding tert-OH is 20. The molecule has 6 heterocycles. The van der Waals surface area contributed by atoms with Gasteiger partial charge in [0.1, 0.15) is 140 Å². The Morgan fingerprint density at radius 3 is 1.38 bits per heavy atom. The number of hydrogen-bond acceptors (Lipinski definition) is 35.